The number of phenols is 1. The lowest BCUT2D eigenvalue weighted by molar-refractivity contribution is -0.117. The van der Waals surface area contributed by atoms with Crippen LogP contribution in [0.1, 0.15) is 43.2 Å². The van der Waals surface area contributed by atoms with E-state index < -0.39 is 32.7 Å². The van der Waals surface area contributed by atoms with Crippen LogP contribution in [-0.2, 0) is 31.4 Å². The van der Waals surface area contributed by atoms with Crippen LogP contribution >= 0.6 is 0 Å². The first-order valence-corrected chi connectivity index (χ1v) is 14.1. The number of carbonyl (C=O) groups excluding carboxylic acids is 1. The Labute approximate surface area is 194 Å². The van der Waals surface area contributed by atoms with E-state index in [1.807, 2.05) is 22.9 Å². The van der Waals surface area contributed by atoms with E-state index in [4.69, 9.17) is 0 Å². The van der Waals surface area contributed by atoms with Crippen molar-refractivity contribution in [2.24, 2.45) is 0 Å². The number of aromatic hydroxyl groups is 1. The minimum Gasteiger partial charge on any atom is -0.506 e. The number of rotatable bonds is 6. The summed E-state index contributed by atoms with van der Waals surface area (Å²) in [6.07, 6.45) is 6.28. The van der Waals surface area contributed by atoms with Gasteiger partial charge in [-0.1, -0.05) is 43.5 Å². The summed E-state index contributed by atoms with van der Waals surface area (Å²) >= 11 is 0. The molecular weight excluding hydrogens is 466 g/mol. The normalized spacial score (nSPS) is 18.8. The molecule has 1 aliphatic carbocycles. The summed E-state index contributed by atoms with van der Waals surface area (Å²) in [5.74, 6) is -0.951. The number of amides is 1. The molecule has 2 aromatic carbocycles. The van der Waals surface area contributed by atoms with E-state index in [0.717, 1.165) is 42.0 Å². The van der Waals surface area contributed by atoms with Crippen LogP contribution in [0.25, 0.3) is 0 Å². The molecule has 178 valence electrons. The molecule has 0 atom stereocenters. The van der Waals surface area contributed by atoms with Crippen LogP contribution in [0.2, 0.25) is 0 Å². The van der Waals surface area contributed by atoms with Crippen LogP contribution in [-0.4, -0.2) is 46.7 Å². The van der Waals surface area contributed by atoms with Crippen molar-refractivity contribution < 1.29 is 26.7 Å². The van der Waals surface area contributed by atoms with E-state index in [2.05, 4.69) is 0 Å². The van der Waals surface area contributed by atoms with Gasteiger partial charge in [0.2, 0.25) is 10.0 Å². The molecule has 2 aliphatic rings. The second-order valence-electron chi connectivity index (χ2n) is 8.52. The number of para-hydroxylation sites is 1. The van der Waals surface area contributed by atoms with Crippen molar-refractivity contribution in [3.8, 4) is 5.75 Å². The third kappa shape index (κ3) is 4.93. The molecule has 33 heavy (non-hydrogen) atoms. The molecular formula is C22H27N3O6S2. The van der Waals surface area contributed by atoms with Gasteiger partial charge >= 0.3 is 10.2 Å². The Morgan fingerprint density at radius 3 is 2.42 bits per heavy atom. The van der Waals surface area contributed by atoms with E-state index in [-0.39, 0.29) is 17.5 Å². The Morgan fingerprint density at radius 1 is 1.12 bits per heavy atom. The molecule has 0 aromatic heterocycles. The number of nitrogens with one attached hydrogen (secondary N) is 1. The molecule has 2 aromatic rings. The van der Waals surface area contributed by atoms with Gasteiger partial charge in [0.25, 0.3) is 5.91 Å². The number of benzene rings is 2. The van der Waals surface area contributed by atoms with Crippen LogP contribution in [0.5, 0.6) is 5.75 Å². The van der Waals surface area contributed by atoms with E-state index in [0.29, 0.717) is 17.7 Å². The highest BCUT2D eigenvalue weighted by Gasteiger charge is 2.35. The monoisotopic (exact) mass is 493 g/mol. The van der Waals surface area contributed by atoms with Crippen molar-refractivity contribution in [3.05, 3.63) is 53.6 Å². The van der Waals surface area contributed by atoms with Gasteiger partial charge in [0.1, 0.15) is 12.3 Å². The second kappa shape index (κ2) is 8.86. The smallest absolute Gasteiger partial charge is 0.326 e. The van der Waals surface area contributed by atoms with Gasteiger partial charge in [0.15, 0.2) is 0 Å². The Balaban J connectivity index is 1.65. The van der Waals surface area contributed by atoms with Crippen molar-refractivity contribution in [1.29, 1.82) is 0 Å². The predicted molar refractivity (Wildman–Crippen MR) is 126 cm³/mol. The quantitative estimate of drug-likeness (QED) is 0.636. The number of sulfonamides is 1. The van der Waals surface area contributed by atoms with Crippen molar-refractivity contribution in [3.63, 3.8) is 0 Å². The lowest BCUT2D eigenvalue weighted by Gasteiger charge is -2.35. The van der Waals surface area contributed by atoms with E-state index in [1.165, 1.54) is 22.7 Å². The van der Waals surface area contributed by atoms with Crippen LogP contribution in [0, 0.1) is 0 Å². The summed E-state index contributed by atoms with van der Waals surface area (Å²) in [6, 6.07) is 11.8. The van der Waals surface area contributed by atoms with Crippen LogP contribution in [0.4, 0.5) is 11.4 Å². The van der Waals surface area contributed by atoms with Crippen molar-refractivity contribution >= 4 is 37.5 Å². The molecule has 9 nitrogen and oxygen atoms in total. The molecule has 1 saturated carbocycles. The number of hydrogen-bond acceptors (Lipinski definition) is 6. The zero-order valence-electron chi connectivity index (χ0n) is 18.3. The average molecular weight is 494 g/mol. The maximum Gasteiger partial charge on any atom is 0.326 e. The fourth-order valence-electron chi connectivity index (χ4n) is 4.61. The first-order chi connectivity index (χ1) is 15.6. The summed E-state index contributed by atoms with van der Waals surface area (Å²) in [7, 11) is -7.53. The van der Waals surface area contributed by atoms with Gasteiger partial charge in [-0.2, -0.15) is 8.42 Å². The Hall–Kier alpha value is -2.79. The first kappa shape index (κ1) is 23.4. The molecule has 2 fully saturated rings. The molecule has 1 heterocycles. The molecule has 0 spiro atoms. The van der Waals surface area contributed by atoms with Crippen molar-refractivity contribution in [2.75, 3.05) is 21.4 Å². The maximum absolute atomic E-state index is 12.8. The van der Waals surface area contributed by atoms with Crippen molar-refractivity contribution in [1.82, 2.24) is 4.72 Å². The summed E-state index contributed by atoms with van der Waals surface area (Å²) in [4.78, 5) is 11.5. The predicted octanol–water partition coefficient (Wildman–Crippen LogP) is 2.26. The maximum atomic E-state index is 12.8. The SMILES string of the molecule is CS(=O)(=O)N(c1ccccc1Cc1ccc(N2CC(=O)NS2(=O)=O)c(O)c1)C1CCCCC1. The van der Waals surface area contributed by atoms with Crippen LogP contribution in [0.3, 0.4) is 0 Å². The minimum atomic E-state index is -4.03. The lowest BCUT2D eigenvalue weighted by Crippen LogP contribution is -2.41. The standard InChI is InChI=1S/C22H27N3O6S2/c1-32(28,29)25(18-8-3-2-4-9-18)19-10-6-5-7-17(19)13-16-11-12-20(21(26)14-16)24-15-22(27)23-33(24,30)31/h5-7,10-12,14,18,26H,2-4,8-9,13,15H2,1H3,(H,23,27). The molecule has 1 aliphatic heterocycles. The summed E-state index contributed by atoms with van der Waals surface area (Å²) in [6.45, 7) is -0.400. The third-order valence-electron chi connectivity index (χ3n) is 6.02. The molecule has 1 amide bonds. The highest BCUT2D eigenvalue weighted by molar-refractivity contribution is 7.92. The number of phenolic OH excluding ortho intramolecular Hbond substituents is 1. The molecule has 4 rings (SSSR count). The highest BCUT2D eigenvalue weighted by Crippen LogP contribution is 2.35. The molecule has 0 bridgehead atoms. The molecule has 2 N–H and O–H groups in total. The van der Waals surface area contributed by atoms with Gasteiger partial charge in [-0.05, 0) is 48.6 Å². The second-order valence-corrected chi connectivity index (χ2v) is 12.0. The van der Waals surface area contributed by atoms with Gasteiger partial charge in [0.05, 0.1) is 17.6 Å². The molecule has 1 saturated heterocycles. The highest BCUT2D eigenvalue weighted by atomic mass is 32.2. The lowest BCUT2D eigenvalue weighted by atomic mass is 9.94. The zero-order chi connectivity index (χ0) is 23.8. The van der Waals surface area contributed by atoms with Gasteiger partial charge in [-0.15, -0.1) is 0 Å². The zero-order valence-corrected chi connectivity index (χ0v) is 19.9. The Kier molecular flexibility index (Phi) is 6.28. The minimum absolute atomic E-state index is 0.00496. The van der Waals surface area contributed by atoms with Crippen LogP contribution in [0.15, 0.2) is 42.5 Å². The summed E-state index contributed by atoms with van der Waals surface area (Å²) in [5, 5.41) is 10.5. The van der Waals surface area contributed by atoms with Gasteiger partial charge in [-0.3, -0.25) is 9.10 Å². The Bertz CT molecular complexity index is 1270. The first-order valence-electron chi connectivity index (χ1n) is 10.8. The van der Waals surface area contributed by atoms with Gasteiger partial charge in [-0.25, -0.2) is 17.4 Å². The summed E-state index contributed by atoms with van der Waals surface area (Å²) < 4.78 is 53.9. The Morgan fingerprint density at radius 2 is 1.82 bits per heavy atom. The molecule has 0 unspecified atom stereocenters. The number of anilines is 2. The third-order valence-corrected chi connectivity index (χ3v) is 8.62. The summed E-state index contributed by atoms with van der Waals surface area (Å²) in [5.41, 5.74) is 2.08. The fraction of sp³-hybridized carbons (Fsp3) is 0.409. The number of nitrogens with zero attached hydrogens (tertiary/aromatic N) is 2. The number of hydrogen-bond donors (Lipinski definition) is 2. The van der Waals surface area contributed by atoms with E-state index in [9.17, 15) is 26.7 Å². The van der Waals surface area contributed by atoms with Crippen molar-refractivity contribution in [2.45, 2.75) is 44.6 Å². The van der Waals surface area contributed by atoms with Gasteiger partial charge in [0, 0.05) is 6.04 Å². The average Bonchev–Trinajstić information content (AvgIpc) is 3.01. The molecule has 11 heteroatoms. The van der Waals surface area contributed by atoms with E-state index >= 15 is 0 Å². The van der Waals surface area contributed by atoms with E-state index in [1.54, 1.807) is 12.1 Å². The van der Waals surface area contributed by atoms with Crippen LogP contribution < -0.4 is 13.3 Å². The fourth-order valence-corrected chi connectivity index (χ4v) is 7.06. The largest absolute Gasteiger partial charge is 0.506 e. The molecule has 0 radical (unpaired) electrons. The number of carbonyl (C=O) groups is 1. The van der Waals surface area contributed by atoms with Gasteiger partial charge < -0.3 is 5.11 Å². The topological polar surface area (TPSA) is 124 Å².